The molecule has 1 rings (SSSR count). The molecule has 1 fully saturated rings. The quantitative estimate of drug-likeness (QED) is 0.655. The van der Waals surface area contributed by atoms with E-state index in [1.54, 1.807) is 0 Å². The summed E-state index contributed by atoms with van der Waals surface area (Å²) in [5.41, 5.74) is 1.31. The van der Waals surface area contributed by atoms with Crippen molar-refractivity contribution in [3.63, 3.8) is 0 Å². The normalized spacial score (nSPS) is 39.0. The minimum absolute atomic E-state index is 0.317. The minimum atomic E-state index is 0.317. The summed E-state index contributed by atoms with van der Waals surface area (Å²) in [4.78, 5) is 0. The van der Waals surface area contributed by atoms with E-state index in [4.69, 9.17) is 0 Å². The van der Waals surface area contributed by atoms with Crippen LogP contribution in [0.3, 0.4) is 0 Å². The largest absolute Gasteiger partial charge is 0.315 e. The number of hydrogen-bond acceptors (Lipinski definition) is 1. The molecule has 1 aliphatic rings. The van der Waals surface area contributed by atoms with Crippen LogP contribution in [0.1, 0.15) is 93.4 Å². The molecular formula is C20H41N. The molecule has 3 atom stereocenters. The monoisotopic (exact) mass is 295 g/mol. The van der Waals surface area contributed by atoms with Crippen molar-refractivity contribution >= 4 is 0 Å². The highest BCUT2D eigenvalue weighted by atomic mass is 14.9. The molecule has 0 spiro atoms. The van der Waals surface area contributed by atoms with Crippen LogP contribution >= 0.6 is 0 Å². The molecule has 1 nitrogen and oxygen atoms in total. The number of hydrogen-bond donors (Lipinski definition) is 1. The minimum Gasteiger partial charge on any atom is -0.315 e. The van der Waals surface area contributed by atoms with E-state index in [2.05, 4.69) is 60.8 Å². The lowest BCUT2D eigenvalue weighted by Crippen LogP contribution is -2.41. The summed E-state index contributed by atoms with van der Waals surface area (Å²) in [6, 6.07) is 0. The molecule has 21 heavy (non-hydrogen) atoms. The molecule has 1 heteroatoms. The van der Waals surface area contributed by atoms with Crippen molar-refractivity contribution in [2.45, 2.75) is 99.0 Å². The van der Waals surface area contributed by atoms with Gasteiger partial charge in [0.05, 0.1) is 0 Å². The molecule has 0 bridgehead atoms. The second-order valence-electron chi connectivity index (χ2n) is 9.65. The molecule has 0 heterocycles. The Hall–Kier alpha value is -0.0400. The van der Waals surface area contributed by atoms with Gasteiger partial charge in [0, 0.05) is 5.54 Å². The maximum atomic E-state index is 3.63. The first kappa shape index (κ1) is 19.0. The van der Waals surface area contributed by atoms with Crippen molar-refractivity contribution in [1.29, 1.82) is 0 Å². The molecule has 0 radical (unpaired) electrons. The van der Waals surface area contributed by atoms with E-state index in [1.807, 2.05) is 0 Å². The molecule has 0 aromatic rings. The molecule has 126 valence electrons. The van der Waals surface area contributed by atoms with Gasteiger partial charge in [0.2, 0.25) is 0 Å². The Morgan fingerprint density at radius 2 is 1.52 bits per heavy atom. The average molecular weight is 296 g/mol. The third-order valence-electron chi connectivity index (χ3n) is 6.55. The Bertz CT molecular complexity index is 320. The van der Waals surface area contributed by atoms with Gasteiger partial charge in [-0.25, -0.2) is 0 Å². The highest BCUT2D eigenvalue weighted by molar-refractivity contribution is 4.89. The summed E-state index contributed by atoms with van der Waals surface area (Å²) >= 11 is 0. The third-order valence-corrected chi connectivity index (χ3v) is 6.55. The van der Waals surface area contributed by atoms with E-state index in [9.17, 15) is 0 Å². The van der Waals surface area contributed by atoms with Gasteiger partial charge in [-0.2, -0.15) is 0 Å². The zero-order chi connectivity index (χ0) is 16.3. The predicted octanol–water partition coefficient (Wildman–Crippen LogP) is 6.03. The SMILES string of the molecule is CNC1(C)CCCC(C)(C(C)C)CCC(C)(C)CC(C)C1. The van der Waals surface area contributed by atoms with Gasteiger partial charge in [-0.05, 0) is 75.2 Å². The second kappa shape index (κ2) is 7.02. The van der Waals surface area contributed by atoms with Crippen molar-refractivity contribution in [3.8, 4) is 0 Å². The zero-order valence-electron chi connectivity index (χ0n) is 16.1. The van der Waals surface area contributed by atoms with Crippen molar-refractivity contribution in [2.24, 2.45) is 22.7 Å². The van der Waals surface area contributed by atoms with Crippen LogP contribution < -0.4 is 5.32 Å². The van der Waals surface area contributed by atoms with Gasteiger partial charge in [-0.1, -0.05) is 48.0 Å². The first-order valence-electron chi connectivity index (χ1n) is 9.21. The van der Waals surface area contributed by atoms with E-state index in [-0.39, 0.29) is 0 Å². The molecule has 0 amide bonds. The van der Waals surface area contributed by atoms with Crippen LogP contribution in [0, 0.1) is 22.7 Å². The van der Waals surface area contributed by atoms with Crippen LogP contribution in [-0.4, -0.2) is 12.6 Å². The van der Waals surface area contributed by atoms with Crippen molar-refractivity contribution in [1.82, 2.24) is 5.32 Å². The molecule has 3 unspecified atom stereocenters. The fourth-order valence-electron chi connectivity index (χ4n) is 4.42. The number of nitrogens with one attached hydrogen (secondary N) is 1. The lowest BCUT2D eigenvalue weighted by molar-refractivity contribution is 0.136. The smallest absolute Gasteiger partial charge is 0.0152 e. The fraction of sp³-hybridized carbons (Fsp3) is 1.00. The molecule has 0 aromatic heterocycles. The van der Waals surface area contributed by atoms with Crippen molar-refractivity contribution in [3.05, 3.63) is 0 Å². The Balaban J connectivity index is 2.94. The Labute approximate surface area is 134 Å². The zero-order valence-corrected chi connectivity index (χ0v) is 16.1. The van der Waals surface area contributed by atoms with E-state index in [0.29, 0.717) is 16.4 Å². The van der Waals surface area contributed by atoms with Crippen LogP contribution in [0.15, 0.2) is 0 Å². The Morgan fingerprint density at radius 1 is 0.905 bits per heavy atom. The average Bonchev–Trinajstić information content (AvgIpc) is 2.36. The van der Waals surface area contributed by atoms with E-state index in [1.165, 1.54) is 44.9 Å². The van der Waals surface area contributed by atoms with Crippen LogP contribution in [0.25, 0.3) is 0 Å². The standard InChI is InChI=1S/C20H41N/c1-16(2)19(6)10-9-11-20(7,21-8)15-17(3)14-18(4,5)12-13-19/h16-17,21H,9-15H2,1-8H3. The van der Waals surface area contributed by atoms with E-state index < -0.39 is 0 Å². The van der Waals surface area contributed by atoms with E-state index >= 15 is 0 Å². The van der Waals surface area contributed by atoms with Gasteiger partial charge in [0.25, 0.3) is 0 Å². The molecule has 1 saturated carbocycles. The topological polar surface area (TPSA) is 12.0 Å². The molecule has 0 aromatic carbocycles. The summed E-state index contributed by atoms with van der Waals surface area (Å²) in [6.45, 7) is 17.2. The Morgan fingerprint density at radius 3 is 2.05 bits per heavy atom. The summed E-state index contributed by atoms with van der Waals surface area (Å²) in [5, 5.41) is 3.63. The molecule has 1 N–H and O–H groups in total. The lowest BCUT2D eigenvalue weighted by Gasteiger charge is -2.37. The molecule has 1 aliphatic carbocycles. The maximum Gasteiger partial charge on any atom is 0.0152 e. The van der Waals surface area contributed by atoms with Gasteiger partial charge in [0.1, 0.15) is 0 Å². The summed E-state index contributed by atoms with van der Waals surface area (Å²) in [6.07, 6.45) is 9.49. The molecule has 0 saturated heterocycles. The van der Waals surface area contributed by atoms with Crippen LogP contribution in [0.4, 0.5) is 0 Å². The predicted molar refractivity (Wildman–Crippen MR) is 95.7 cm³/mol. The van der Waals surface area contributed by atoms with Gasteiger partial charge < -0.3 is 5.32 Å². The van der Waals surface area contributed by atoms with Crippen LogP contribution in [0.5, 0.6) is 0 Å². The van der Waals surface area contributed by atoms with Crippen molar-refractivity contribution < 1.29 is 0 Å². The van der Waals surface area contributed by atoms with Gasteiger partial charge in [-0.15, -0.1) is 0 Å². The summed E-state index contributed by atoms with van der Waals surface area (Å²) in [5.74, 6) is 1.59. The number of rotatable bonds is 2. The fourth-order valence-corrected chi connectivity index (χ4v) is 4.42. The highest BCUT2D eigenvalue weighted by Gasteiger charge is 2.35. The van der Waals surface area contributed by atoms with Crippen molar-refractivity contribution in [2.75, 3.05) is 7.05 Å². The van der Waals surface area contributed by atoms with Crippen LogP contribution in [0.2, 0.25) is 0 Å². The maximum absolute atomic E-state index is 3.63. The summed E-state index contributed by atoms with van der Waals surface area (Å²) < 4.78 is 0. The van der Waals surface area contributed by atoms with E-state index in [0.717, 1.165) is 11.8 Å². The first-order chi connectivity index (χ1) is 9.52. The lowest BCUT2D eigenvalue weighted by atomic mass is 9.68. The Kier molecular flexibility index (Phi) is 6.36. The first-order valence-corrected chi connectivity index (χ1v) is 9.21. The van der Waals surface area contributed by atoms with Gasteiger partial charge >= 0.3 is 0 Å². The third kappa shape index (κ3) is 5.58. The van der Waals surface area contributed by atoms with Crippen LogP contribution in [-0.2, 0) is 0 Å². The highest BCUT2D eigenvalue weighted by Crippen LogP contribution is 2.44. The molecule has 0 aliphatic heterocycles. The second-order valence-corrected chi connectivity index (χ2v) is 9.65. The van der Waals surface area contributed by atoms with Gasteiger partial charge in [0.15, 0.2) is 0 Å². The van der Waals surface area contributed by atoms with Gasteiger partial charge in [-0.3, -0.25) is 0 Å². The summed E-state index contributed by atoms with van der Waals surface area (Å²) in [7, 11) is 2.15. The molecular weight excluding hydrogens is 254 g/mol.